The summed E-state index contributed by atoms with van der Waals surface area (Å²) in [7, 11) is 4.22. The van der Waals surface area contributed by atoms with E-state index in [-0.39, 0.29) is 46.9 Å². The third kappa shape index (κ3) is 5.21. The number of hydrogen-bond donors (Lipinski definition) is 2. The number of halogens is 2. The highest BCUT2D eigenvalue weighted by atomic mass is 19.1. The maximum atomic E-state index is 15.4. The third-order valence-electron chi connectivity index (χ3n) is 7.06. The highest BCUT2D eigenvalue weighted by Crippen LogP contribution is 2.39. The van der Waals surface area contributed by atoms with E-state index >= 15 is 8.78 Å². The molecule has 1 unspecified atom stereocenters. The second kappa shape index (κ2) is 11.6. The Hall–Kier alpha value is -4.10. The van der Waals surface area contributed by atoms with Crippen LogP contribution in [0.1, 0.15) is 6.42 Å². The summed E-state index contributed by atoms with van der Waals surface area (Å²) < 4.78 is 52.1. The molecule has 0 radical (unpaired) electrons. The van der Waals surface area contributed by atoms with Crippen molar-refractivity contribution in [3.63, 3.8) is 0 Å². The zero-order chi connectivity index (χ0) is 28.4. The molecular weight excluding hydrogens is 526 g/mol. The molecule has 2 saturated heterocycles. The molecule has 5 rings (SSSR count). The van der Waals surface area contributed by atoms with Crippen LogP contribution in [0, 0.1) is 11.6 Å². The van der Waals surface area contributed by atoms with Crippen LogP contribution in [0.4, 0.5) is 20.5 Å². The second-order valence-electron chi connectivity index (χ2n) is 9.45. The van der Waals surface area contributed by atoms with Gasteiger partial charge in [-0.15, -0.1) is 0 Å². The van der Waals surface area contributed by atoms with E-state index in [1.54, 1.807) is 13.3 Å². The number of pyridine rings is 1. The maximum absolute atomic E-state index is 15.4. The fourth-order valence-corrected chi connectivity index (χ4v) is 4.91. The number of hydrogen-bond acceptors (Lipinski definition) is 10. The Morgan fingerprint density at radius 1 is 1.12 bits per heavy atom. The fourth-order valence-electron chi connectivity index (χ4n) is 4.91. The summed E-state index contributed by atoms with van der Waals surface area (Å²) in [6.07, 6.45) is 3.48. The van der Waals surface area contributed by atoms with E-state index in [1.807, 2.05) is 4.90 Å². The summed E-state index contributed by atoms with van der Waals surface area (Å²) in [6.45, 7) is 5.28. The van der Waals surface area contributed by atoms with Crippen LogP contribution in [0.25, 0.3) is 22.2 Å². The molecule has 4 heterocycles. The number of amides is 1. The molecular formula is C27H30F2N6O5. The highest BCUT2D eigenvalue weighted by molar-refractivity contribution is 5.92. The smallest absolute Gasteiger partial charge is 0.243 e. The predicted octanol–water partition coefficient (Wildman–Crippen LogP) is 2.69. The molecule has 2 aliphatic rings. The van der Waals surface area contributed by atoms with Crippen LogP contribution in [-0.4, -0.2) is 86.7 Å². The van der Waals surface area contributed by atoms with E-state index < -0.39 is 11.6 Å². The number of fused-ring (bicyclic) bond motifs is 1. The summed E-state index contributed by atoms with van der Waals surface area (Å²) in [6, 6.07) is 2.09. The second-order valence-corrected chi connectivity index (χ2v) is 9.45. The van der Waals surface area contributed by atoms with Crippen LogP contribution in [-0.2, 0) is 14.3 Å². The van der Waals surface area contributed by atoms with E-state index in [9.17, 15) is 4.79 Å². The van der Waals surface area contributed by atoms with Gasteiger partial charge in [0.25, 0.3) is 0 Å². The number of nitrogens with one attached hydrogen (secondary N) is 2. The highest BCUT2D eigenvalue weighted by Gasteiger charge is 2.31. The van der Waals surface area contributed by atoms with Gasteiger partial charge in [-0.05, 0) is 18.6 Å². The Morgan fingerprint density at radius 3 is 2.50 bits per heavy atom. The largest absolute Gasteiger partial charge is 0.494 e. The monoisotopic (exact) mass is 556 g/mol. The Balaban J connectivity index is 1.59. The molecule has 212 valence electrons. The molecule has 13 heteroatoms. The minimum Gasteiger partial charge on any atom is -0.494 e. The van der Waals surface area contributed by atoms with E-state index in [2.05, 4.69) is 22.2 Å². The van der Waals surface area contributed by atoms with Crippen LogP contribution in [0.5, 0.6) is 11.5 Å². The minimum atomic E-state index is -0.900. The van der Waals surface area contributed by atoms with Crippen molar-refractivity contribution in [2.75, 3.05) is 57.8 Å². The van der Waals surface area contributed by atoms with Gasteiger partial charge in [-0.25, -0.2) is 23.7 Å². The van der Waals surface area contributed by atoms with Gasteiger partial charge in [0.1, 0.15) is 5.52 Å². The summed E-state index contributed by atoms with van der Waals surface area (Å²) in [5.74, 6) is -1.74. The number of benzene rings is 1. The lowest BCUT2D eigenvalue weighted by Crippen LogP contribution is -2.45. The fraction of sp³-hybridized carbons (Fsp3) is 0.407. The van der Waals surface area contributed by atoms with Crippen LogP contribution in [0.15, 0.2) is 31.0 Å². The maximum Gasteiger partial charge on any atom is 0.243 e. The van der Waals surface area contributed by atoms with E-state index in [1.165, 1.54) is 26.4 Å². The van der Waals surface area contributed by atoms with Crippen molar-refractivity contribution in [1.82, 2.24) is 20.3 Å². The van der Waals surface area contributed by atoms with Crippen molar-refractivity contribution in [2.45, 2.75) is 24.6 Å². The first-order chi connectivity index (χ1) is 19.4. The van der Waals surface area contributed by atoms with Gasteiger partial charge in [-0.1, -0.05) is 6.58 Å². The lowest BCUT2D eigenvalue weighted by molar-refractivity contribution is -0.117. The molecule has 11 nitrogen and oxygen atoms in total. The lowest BCUT2D eigenvalue weighted by atomic mass is 10.1. The Kier molecular flexibility index (Phi) is 7.94. The van der Waals surface area contributed by atoms with Crippen molar-refractivity contribution < 1.29 is 32.5 Å². The average molecular weight is 557 g/mol. The molecule has 40 heavy (non-hydrogen) atoms. The van der Waals surface area contributed by atoms with Gasteiger partial charge in [0.05, 0.1) is 56.9 Å². The van der Waals surface area contributed by atoms with Crippen LogP contribution < -0.4 is 25.0 Å². The quantitative estimate of drug-likeness (QED) is 0.381. The van der Waals surface area contributed by atoms with E-state index in [0.29, 0.717) is 49.0 Å². The third-order valence-corrected chi connectivity index (χ3v) is 7.06. The topological polar surface area (TPSA) is 120 Å². The number of rotatable bonds is 9. The number of methoxy groups -OCH3 is 3. The Bertz CT molecular complexity index is 1410. The molecule has 0 spiro atoms. The summed E-state index contributed by atoms with van der Waals surface area (Å²) in [5, 5.41) is 6.58. The molecule has 0 saturated carbocycles. The van der Waals surface area contributed by atoms with Gasteiger partial charge in [-0.2, -0.15) is 0 Å². The first-order valence-electron chi connectivity index (χ1n) is 12.7. The molecule has 1 aromatic carbocycles. The van der Waals surface area contributed by atoms with Crippen LogP contribution >= 0.6 is 0 Å². The SMILES string of the molecule is C=CC(=O)N[C@H]1COC[C@H]1Nc1ncc2cc(-c3c(F)c(OC)cc(OC)c3F)nc(N3CCC(OC)C3)c2n1. The molecule has 2 N–H and O–H groups in total. The molecule has 2 aromatic heterocycles. The van der Waals surface area contributed by atoms with Crippen molar-refractivity contribution in [1.29, 1.82) is 0 Å². The molecule has 3 atom stereocenters. The number of ether oxygens (including phenoxy) is 4. The lowest BCUT2D eigenvalue weighted by Gasteiger charge is -2.22. The first-order valence-corrected chi connectivity index (χ1v) is 12.7. The van der Waals surface area contributed by atoms with Gasteiger partial charge in [-0.3, -0.25) is 4.79 Å². The first kappa shape index (κ1) is 27.5. The number of nitrogens with zero attached hydrogens (tertiary/aromatic N) is 4. The predicted molar refractivity (Wildman–Crippen MR) is 144 cm³/mol. The summed E-state index contributed by atoms with van der Waals surface area (Å²) in [4.78, 5) is 27.6. The molecule has 2 fully saturated rings. The van der Waals surface area contributed by atoms with Crippen LogP contribution in [0.3, 0.4) is 0 Å². The van der Waals surface area contributed by atoms with Crippen molar-refractivity contribution in [3.8, 4) is 22.8 Å². The molecule has 3 aromatic rings. The minimum absolute atomic E-state index is 0.0322. The van der Waals surface area contributed by atoms with Gasteiger partial charge < -0.3 is 34.5 Å². The number of carbonyl (C=O) groups excluding carboxylic acids is 1. The molecule has 0 aliphatic carbocycles. The number of anilines is 2. The zero-order valence-corrected chi connectivity index (χ0v) is 22.4. The van der Waals surface area contributed by atoms with E-state index in [0.717, 1.165) is 12.5 Å². The summed E-state index contributed by atoms with van der Waals surface area (Å²) in [5.41, 5.74) is 0.142. The number of carbonyl (C=O) groups is 1. The molecule has 1 amide bonds. The van der Waals surface area contributed by atoms with Crippen molar-refractivity contribution in [2.24, 2.45) is 0 Å². The van der Waals surface area contributed by atoms with Crippen molar-refractivity contribution in [3.05, 3.63) is 42.6 Å². The van der Waals surface area contributed by atoms with Gasteiger partial charge in [0, 0.05) is 37.8 Å². The standard InChI is InChI=1S/C27H30F2N6O5/c1-5-21(36)31-17-12-40-13-18(17)33-27-30-10-14-8-16(22-23(28)19(38-3)9-20(39-4)24(22)29)32-26(25(14)34-27)35-7-6-15(11-35)37-2/h5,8-10,15,17-18H,1,6-7,11-13H2,2-4H3,(H,31,36)(H,30,33,34)/t15?,17-,18+/m0/s1. The van der Waals surface area contributed by atoms with E-state index in [4.69, 9.17) is 28.9 Å². The van der Waals surface area contributed by atoms with Gasteiger partial charge >= 0.3 is 0 Å². The van der Waals surface area contributed by atoms with Gasteiger partial charge in [0.15, 0.2) is 29.0 Å². The normalized spacial score (nSPS) is 20.5. The molecule has 2 aliphatic heterocycles. The Labute approximate surface area is 229 Å². The van der Waals surface area contributed by atoms with Gasteiger partial charge in [0.2, 0.25) is 11.9 Å². The zero-order valence-electron chi connectivity index (χ0n) is 22.4. The number of aromatic nitrogens is 3. The summed E-state index contributed by atoms with van der Waals surface area (Å²) >= 11 is 0. The Morgan fingerprint density at radius 2 is 1.85 bits per heavy atom. The van der Waals surface area contributed by atoms with Crippen molar-refractivity contribution >= 4 is 28.6 Å². The average Bonchev–Trinajstić information content (AvgIpc) is 3.62. The van der Waals surface area contributed by atoms with Crippen LogP contribution in [0.2, 0.25) is 0 Å². The molecule has 0 bridgehead atoms.